The SMILES string of the molecule is CC(CNCCCN(C)C)CNC(C)C. The van der Waals surface area contributed by atoms with Crippen LogP contribution in [0.1, 0.15) is 27.2 Å². The van der Waals surface area contributed by atoms with E-state index in [0.717, 1.165) is 19.6 Å². The van der Waals surface area contributed by atoms with Gasteiger partial charge in [-0.05, 0) is 52.6 Å². The van der Waals surface area contributed by atoms with Crippen LogP contribution in [0.3, 0.4) is 0 Å². The Balaban J connectivity index is 3.20. The zero-order valence-corrected chi connectivity index (χ0v) is 11.1. The van der Waals surface area contributed by atoms with Gasteiger partial charge in [0.1, 0.15) is 0 Å². The lowest BCUT2D eigenvalue weighted by molar-refractivity contribution is 0.386. The quantitative estimate of drug-likeness (QED) is 0.565. The van der Waals surface area contributed by atoms with Gasteiger partial charge < -0.3 is 15.5 Å². The van der Waals surface area contributed by atoms with E-state index in [4.69, 9.17) is 0 Å². The summed E-state index contributed by atoms with van der Waals surface area (Å²) in [5.74, 6) is 0.715. The highest BCUT2D eigenvalue weighted by atomic mass is 15.1. The maximum absolute atomic E-state index is 3.50. The zero-order valence-electron chi connectivity index (χ0n) is 11.1. The number of rotatable bonds is 9. The molecular formula is C12H29N3. The molecule has 0 aliphatic rings. The first-order valence-corrected chi connectivity index (χ1v) is 6.11. The van der Waals surface area contributed by atoms with E-state index in [1.54, 1.807) is 0 Å². The van der Waals surface area contributed by atoms with Crippen molar-refractivity contribution in [3.63, 3.8) is 0 Å². The summed E-state index contributed by atoms with van der Waals surface area (Å²) in [6, 6.07) is 0.598. The second-order valence-electron chi connectivity index (χ2n) is 5.03. The third-order valence-corrected chi connectivity index (χ3v) is 2.33. The monoisotopic (exact) mass is 215 g/mol. The Morgan fingerprint density at radius 2 is 1.73 bits per heavy atom. The molecule has 1 atom stereocenters. The van der Waals surface area contributed by atoms with E-state index in [1.165, 1.54) is 13.0 Å². The highest BCUT2D eigenvalue weighted by Gasteiger charge is 2.01. The first-order chi connectivity index (χ1) is 7.02. The number of nitrogens with one attached hydrogen (secondary N) is 2. The molecule has 0 aliphatic heterocycles. The van der Waals surface area contributed by atoms with Crippen LogP contribution in [0.25, 0.3) is 0 Å². The lowest BCUT2D eigenvalue weighted by atomic mass is 10.1. The number of nitrogens with zero attached hydrogens (tertiary/aromatic N) is 1. The van der Waals surface area contributed by atoms with Crippen molar-refractivity contribution in [1.82, 2.24) is 15.5 Å². The molecule has 0 rings (SSSR count). The smallest absolute Gasteiger partial charge is 0.00105 e. The van der Waals surface area contributed by atoms with Gasteiger partial charge in [0, 0.05) is 6.04 Å². The van der Waals surface area contributed by atoms with Crippen LogP contribution in [0, 0.1) is 5.92 Å². The van der Waals surface area contributed by atoms with Crippen molar-refractivity contribution in [3.8, 4) is 0 Å². The Hall–Kier alpha value is -0.120. The average molecular weight is 215 g/mol. The Morgan fingerprint density at radius 3 is 2.27 bits per heavy atom. The standard InChI is InChI=1S/C12H29N3/c1-11(2)14-10-12(3)9-13-7-6-8-15(4)5/h11-14H,6-10H2,1-5H3. The van der Waals surface area contributed by atoms with Crippen molar-refractivity contribution in [2.45, 2.75) is 33.2 Å². The molecule has 0 aliphatic carbocycles. The fourth-order valence-corrected chi connectivity index (χ4v) is 1.38. The highest BCUT2D eigenvalue weighted by molar-refractivity contribution is 4.62. The highest BCUT2D eigenvalue weighted by Crippen LogP contribution is 1.91. The predicted molar refractivity (Wildman–Crippen MR) is 68.3 cm³/mol. The molecule has 3 heteroatoms. The maximum Gasteiger partial charge on any atom is 0.00105 e. The predicted octanol–water partition coefficient (Wildman–Crippen LogP) is 1.16. The van der Waals surface area contributed by atoms with Crippen molar-refractivity contribution in [2.24, 2.45) is 5.92 Å². The Bertz CT molecular complexity index is 135. The number of hydrogen-bond acceptors (Lipinski definition) is 3. The van der Waals surface area contributed by atoms with Crippen LogP contribution in [-0.4, -0.2) is 51.2 Å². The van der Waals surface area contributed by atoms with Gasteiger partial charge in [-0.15, -0.1) is 0 Å². The molecule has 0 spiro atoms. The third-order valence-electron chi connectivity index (χ3n) is 2.33. The van der Waals surface area contributed by atoms with Gasteiger partial charge in [-0.2, -0.15) is 0 Å². The Labute approximate surface area is 95.6 Å². The van der Waals surface area contributed by atoms with E-state index in [9.17, 15) is 0 Å². The molecule has 0 aromatic rings. The van der Waals surface area contributed by atoms with E-state index in [2.05, 4.69) is 50.4 Å². The molecule has 15 heavy (non-hydrogen) atoms. The molecule has 0 saturated carbocycles. The molecule has 0 aromatic heterocycles. The molecule has 0 bridgehead atoms. The molecule has 92 valence electrons. The van der Waals surface area contributed by atoms with Crippen LogP contribution < -0.4 is 10.6 Å². The molecule has 0 aromatic carbocycles. The Morgan fingerprint density at radius 1 is 1.07 bits per heavy atom. The van der Waals surface area contributed by atoms with Gasteiger partial charge in [0.15, 0.2) is 0 Å². The van der Waals surface area contributed by atoms with Crippen molar-refractivity contribution in [1.29, 1.82) is 0 Å². The zero-order chi connectivity index (χ0) is 11.7. The van der Waals surface area contributed by atoms with Crippen LogP contribution in [-0.2, 0) is 0 Å². The summed E-state index contributed by atoms with van der Waals surface area (Å²) in [5.41, 5.74) is 0. The molecule has 0 saturated heterocycles. The van der Waals surface area contributed by atoms with Gasteiger partial charge in [-0.1, -0.05) is 20.8 Å². The largest absolute Gasteiger partial charge is 0.316 e. The molecule has 3 nitrogen and oxygen atoms in total. The van der Waals surface area contributed by atoms with E-state index >= 15 is 0 Å². The minimum Gasteiger partial charge on any atom is -0.316 e. The van der Waals surface area contributed by atoms with E-state index in [0.29, 0.717) is 12.0 Å². The summed E-state index contributed by atoms with van der Waals surface area (Å²) >= 11 is 0. The molecule has 0 heterocycles. The van der Waals surface area contributed by atoms with Crippen LogP contribution in [0.5, 0.6) is 0 Å². The van der Waals surface area contributed by atoms with Gasteiger partial charge in [0.05, 0.1) is 0 Å². The van der Waals surface area contributed by atoms with Gasteiger partial charge >= 0.3 is 0 Å². The summed E-state index contributed by atoms with van der Waals surface area (Å²) in [6.07, 6.45) is 1.23. The second-order valence-corrected chi connectivity index (χ2v) is 5.03. The average Bonchev–Trinajstić information content (AvgIpc) is 2.13. The van der Waals surface area contributed by atoms with Gasteiger partial charge in [-0.3, -0.25) is 0 Å². The van der Waals surface area contributed by atoms with Crippen molar-refractivity contribution >= 4 is 0 Å². The fourth-order valence-electron chi connectivity index (χ4n) is 1.38. The van der Waals surface area contributed by atoms with Crippen molar-refractivity contribution < 1.29 is 0 Å². The Kier molecular flexibility index (Phi) is 9.06. The van der Waals surface area contributed by atoms with Gasteiger partial charge in [0.2, 0.25) is 0 Å². The topological polar surface area (TPSA) is 27.3 Å². The summed E-state index contributed by atoms with van der Waals surface area (Å²) in [4.78, 5) is 2.23. The van der Waals surface area contributed by atoms with Crippen LogP contribution in [0.2, 0.25) is 0 Å². The molecule has 0 amide bonds. The van der Waals surface area contributed by atoms with Crippen molar-refractivity contribution in [3.05, 3.63) is 0 Å². The molecule has 0 fully saturated rings. The molecular weight excluding hydrogens is 186 g/mol. The lowest BCUT2D eigenvalue weighted by Gasteiger charge is -2.16. The van der Waals surface area contributed by atoms with E-state index < -0.39 is 0 Å². The lowest BCUT2D eigenvalue weighted by Crippen LogP contribution is -2.33. The normalized spacial score (nSPS) is 13.8. The molecule has 2 N–H and O–H groups in total. The van der Waals surface area contributed by atoms with Gasteiger partial charge in [0.25, 0.3) is 0 Å². The summed E-state index contributed by atoms with van der Waals surface area (Å²) in [5, 5.41) is 6.95. The fraction of sp³-hybridized carbons (Fsp3) is 1.00. The minimum absolute atomic E-state index is 0.598. The van der Waals surface area contributed by atoms with Crippen molar-refractivity contribution in [2.75, 3.05) is 40.3 Å². The minimum atomic E-state index is 0.598. The summed E-state index contributed by atoms with van der Waals surface area (Å²) < 4.78 is 0. The van der Waals surface area contributed by atoms with Crippen LogP contribution in [0.4, 0.5) is 0 Å². The number of hydrogen-bond donors (Lipinski definition) is 2. The molecule has 1 unspecified atom stereocenters. The first-order valence-electron chi connectivity index (χ1n) is 6.11. The van der Waals surface area contributed by atoms with Crippen LogP contribution >= 0.6 is 0 Å². The summed E-state index contributed by atoms with van der Waals surface area (Å²) in [6.45, 7) is 11.2. The third kappa shape index (κ3) is 11.8. The first kappa shape index (κ1) is 14.9. The summed E-state index contributed by atoms with van der Waals surface area (Å²) in [7, 11) is 4.24. The van der Waals surface area contributed by atoms with Crippen LogP contribution in [0.15, 0.2) is 0 Å². The maximum atomic E-state index is 3.50. The van der Waals surface area contributed by atoms with E-state index in [-0.39, 0.29) is 0 Å². The second kappa shape index (κ2) is 9.13. The molecule has 0 radical (unpaired) electrons. The van der Waals surface area contributed by atoms with Gasteiger partial charge in [-0.25, -0.2) is 0 Å². The van der Waals surface area contributed by atoms with E-state index in [1.807, 2.05) is 0 Å².